The molecule has 0 fully saturated rings. The summed E-state index contributed by atoms with van der Waals surface area (Å²) in [6.07, 6.45) is 2.02. The first-order valence-electron chi connectivity index (χ1n) is 6.54. The van der Waals surface area contributed by atoms with E-state index < -0.39 is 0 Å². The van der Waals surface area contributed by atoms with Gasteiger partial charge in [0.15, 0.2) is 0 Å². The molecule has 0 unspecified atom stereocenters. The number of fused-ring (bicyclic) bond motifs is 1. The van der Waals surface area contributed by atoms with E-state index in [2.05, 4.69) is 15.7 Å². The Kier molecular flexibility index (Phi) is 3.47. The Balaban J connectivity index is 2.10. The van der Waals surface area contributed by atoms with Gasteiger partial charge in [0.25, 0.3) is 0 Å². The van der Waals surface area contributed by atoms with E-state index in [-0.39, 0.29) is 0 Å². The molecule has 0 spiro atoms. The van der Waals surface area contributed by atoms with Crippen molar-refractivity contribution in [2.75, 3.05) is 0 Å². The monoisotopic (exact) mass is 318 g/mol. The lowest BCUT2D eigenvalue weighted by molar-refractivity contribution is 0.757. The van der Waals surface area contributed by atoms with E-state index >= 15 is 0 Å². The molecule has 0 amide bonds. The molecule has 3 rings (SSSR count). The Bertz CT molecular complexity index is 847. The van der Waals surface area contributed by atoms with Gasteiger partial charge in [-0.15, -0.1) is 0 Å². The number of nitrogens with two attached hydrogens (primary N) is 1. The number of halogens is 1. The molecule has 2 heterocycles. The summed E-state index contributed by atoms with van der Waals surface area (Å²) in [6, 6.07) is 7.99. The number of benzene rings is 1. The van der Waals surface area contributed by atoms with Gasteiger partial charge in [0.1, 0.15) is 10.1 Å². The van der Waals surface area contributed by atoms with Crippen molar-refractivity contribution in [2.24, 2.45) is 12.8 Å². The molecule has 0 saturated heterocycles. The van der Waals surface area contributed by atoms with Crippen molar-refractivity contribution in [1.29, 1.82) is 0 Å². The highest BCUT2D eigenvalue weighted by atomic mass is 35.5. The third kappa shape index (κ3) is 2.32. The molecule has 1 aromatic carbocycles. The molecule has 0 aliphatic carbocycles. The molecule has 0 radical (unpaired) electrons. The minimum Gasteiger partial charge on any atom is -0.389 e. The fourth-order valence-electron chi connectivity index (χ4n) is 2.60. The smallest absolute Gasteiger partial charge is 0.131 e. The van der Waals surface area contributed by atoms with Crippen LogP contribution in [0, 0.1) is 6.92 Å². The van der Waals surface area contributed by atoms with Gasteiger partial charge in [0, 0.05) is 35.3 Å². The number of thiocarbonyl (C=S) groups is 1. The molecule has 2 aromatic heterocycles. The molecule has 6 heteroatoms. The van der Waals surface area contributed by atoms with Crippen LogP contribution in [0.1, 0.15) is 16.8 Å². The van der Waals surface area contributed by atoms with Crippen LogP contribution in [0.2, 0.25) is 5.15 Å². The van der Waals surface area contributed by atoms with E-state index in [9.17, 15) is 0 Å². The van der Waals surface area contributed by atoms with Gasteiger partial charge < -0.3 is 10.3 Å². The van der Waals surface area contributed by atoms with Crippen molar-refractivity contribution < 1.29 is 0 Å². The molecule has 0 atom stereocenters. The SMILES string of the molecule is Cc1nn(C)c(Cl)c1Cn1ccc2c(C(N)=S)cccc21. The van der Waals surface area contributed by atoms with E-state index in [0.717, 1.165) is 27.7 Å². The summed E-state index contributed by atoms with van der Waals surface area (Å²) in [5, 5.41) is 6.07. The van der Waals surface area contributed by atoms with Gasteiger partial charge in [0.2, 0.25) is 0 Å². The fourth-order valence-corrected chi connectivity index (χ4v) is 3.01. The van der Waals surface area contributed by atoms with Crippen LogP contribution in [-0.4, -0.2) is 19.3 Å². The van der Waals surface area contributed by atoms with Crippen LogP contribution in [0.5, 0.6) is 0 Å². The van der Waals surface area contributed by atoms with E-state index in [4.69, 9.17) is 29.6 Å². The second-order valence-electron chi connectivity index (χ2n) is 5.02. The third-order valence-electron chi connectivity index (χ3n) is 3.68. The number of rotatable bonds is 3. The van der Waals surface area contributed by atoms with Crippen LogP contribution in [0.25, 0.3) is 10.9 Å². The van der Waals surface area contributed by atoms with Crippen LogP contribution in [0.4, 0.5) is 0 Å². The summed E-state index contributed by atoms with van der Waals surface area (Å²) in [5.74, 6) is 0. The number of hydrogen-bond acceptors (Lipinski definition) is 2. The highest BCUT2D eigenvalue weighted by molar-refractivity contribution is 7.80. The number of nitrogens with zero attached hydrogens (tertiary/aromatic N) is 3. The van der Waals surface area contributed by atoms with Crippen LogP contribution in [0.15, 0.2) is 30.5 Å². The molecular formula is C15H15ClN4S. The average molecular weight is 319 g/mol. The summed E-state index contributed by atoms with van der Waals surface area (Å²) in [6.45, 7) is 2.64. The Morgan fingerprint density at radius 2 is 2.14 bits per heavy atom. The quantitative estimate of drug-likeness (QED) is 0.755. The van der Waals surface area contributed by atoms with Gasteiger partial charge in [-0.1, -0.05) is 36.0 Å². The minimum atomic E-state index is 0.411. The van der Waals surface area contributed by atoms with Crippen molar-refractivity contribution in [3.8, 4) is 0 Å². The molecule has 108 valence electrons. The second-order valence-corrected chi connectivity index (χ2v) is 5.82. The average Bonchev–Trinajstić information content (AvgIpc) is 2.95. The predicted octanol–water partition coefficient (Wildman–Crippen LogP) is 3.02. The molecule has 0 saturated carbocycles. The normalized spacial score (nSPS) is 11.2. The number of aromatic nitrogens is 3. The summed E-state index contributed by atoms with van der Waals surface area (Å²) >= 11 is 11.4. The first kappa shape index (κ1) is 14.1. The highest BCUT2D eigenvalue weighted by Crippen LogP contribution is 2.24. The lowest BCUT2D eigenvalue weighted by Crippen LogP contribution is -2.09. The molecule has 0 aliphatic heterocycles. The zero-order valence-corrected chi connectivity index (χ0v) is 13.4. The summed E-state index contributed by atoms with van der Waals surface area (Å²) < 4.78 is 3.82. The minimum absolute atomic E-state index is 0.411. The zero-order chi connectivity index (χ0) is 15.1. The third-order valence-corrected chi connectivity index (χ3v) is 4.37. The van der Waals surface area contributed by atoms with Gasteiger partial charge in [-0.05, 0) is 19.1 Å². The Hall–Kier alpha value is -1.85. The van der Waals surface area contributed by atoms with Crippen LogP contribution >= 0.6 is 23.8 Å². The molecule has 2 N–H and O–H groups in total. The van der Waals surface area contributed by atoms with Gasteiger partial charge in [-0.3, -0.25) is 4.68 Å². The Labute approximate surface area is 133 Å². The second kappa shape index (κ2) is 5.16. The molecule has 0 bridgehead atoms. The molecule has 21 heavy (non-hydrogen) atoms. The van der Waals surface area contributed by atoms with Gasteiger partial charge in [-0.25, -0.2) is 0 Å². The maximum atomic E-state index is 6.31. The maximum absolute atomic E-state index is 6.31. The highest BCUT2D eigenvalue weighted by Gasteiger charge is 2.13. The van der Waals surface area contributed by atoms with E-state index in [1.165, 1.54) is 0 Å². The Morgan fingerprint density at radius 3 is 2.76 bits per heavy atom. The first-order valence-corrected chi connectivity index (χ1v) is 7.33. The summed E-state index contributed by atoms with van der Waals surface area (Å²) in [5.41, 5.74) is 9.73. The standard InChI is InChI=1S/C15H15ClN4S/c1-9-12(14(16)19(2)18-9)8-20-7-6-10-11(15(17)21)4-3-5-13(10)20/h3-7H,8H2,1-2H3,(H2,17,21). The maximum Gasteiger partial charge on any atom is 0.131 e. The zero-order valence-electron chi connectivity index (χ0n) is 11.8. The van der Waals surface area contributed by atoms with E-state index in [1.54, 1.807) is 4.68 Å². The van der Waals surface area contributed by atoms with Crippen LogP contribution in [0.3, 0.4) is 0 Å². The molecular weight excluding hydrogens is 304 g/mol. The lowest BCUT2D eigenvalue weighted by atomic mass is 10.1. The van der Waals surface area contributed by atoms with E-state index in [0.29, 0.717) is 16.7 Å². The number of hydrogen-bond donors (Lipinski definition) is 1. The van der Waals surface area contributed by atoms with Crippen molar-refractivity contribution in [3.05, 3.63) is 52.4 Å². The molecule has 3 aromatic rings. The summed E-state index contributed by atoms with van der Waals surface area (Å²) in [4.78, 5) is 0.411. The largest absolute Gasteiger partial charge is 0.389 e. The molecule has 0 aliphatic rings. The van der Waals surface area contributed by atoms with Gasteiger partial charge in [-0.2, -0.15) is 5.10 Å². The van der Waals surface area contributed by atoms with Gasteiger partial charge >= 0.3 is 0 Å². The van der Waals surface area contributed by atoms with Crippen LogP contribution in [-0.2, 0) is 13.6 Å². The van der Waals surface area contributed by atoms with Crippen LogP contribution < -0.4 is 5.73 Å². The van der Waals surface area contributed by atoms with Crippen molar-refractivity contribution in [3.63, 3.8) is 0 Å². The van der Waals surface area contributed by atoms with Gasteiger partial charge in [0.05, 0.1) is 12.2 Å². The Morgan fingerprint density at radius 1 is 1.38 bits per heavy atom. The topological polar surface area (TPSA) is 48.8 Å². The lowest BCUT2D eigenvalue weighted by Gasteiger charge is -2.07. The summed E-state index contributed by atoms with van der Waals surface area (Å²) in [7, 11) is 1.84. The van der Waals surface area contributed by atoms with Crippen molar-refractivity contribution in [1.82, 2.24) is 14.3 Å². The first-order chi connectivity index (χ1) is 9.99. The fraction of sp³-hybridized carbons (Fsp3) is 0.200. The number of aryl methyl sites for hydroxylation is 2. The van der Waals surface area contributed by atoms with E-state index in [1.807, 2.05) is 38.4 Å². The van der Waals surface area contributed by atoms with Crippen molar-refractivity contribution >= 4 is 39.7 Å². The predicted molar refractivity (Wildman–Crippen MR) is 89.9 cm³/mol. The molecule has 4 nitrogen and oxygen atoms in total. The van der Waals surface area contributed by atoms with Crippen molar-refractivity contribution in [2.45, 2.75) is 13.5 Å².